The van der Waals surface area contributed by atoms with E-state index in [1.54, 1.807) is 0 Å². The lowest BCUT2D eigenvalue weighted by Gasteiger charge is -2.24. The summed E-state index contributed by atoms with van der Waals surface area (Å²) < 4.78 is 0. The van der Waals surface area contributed by atoms with E-state index < -0.39 is 0 Å². The first-order valence-corrected chi connectivity index (χ1v) is 5.93. The molecule has 0 aromatic heterocycles. The van der Waals surface area contributed by atoms with Gasteiger partial charge in [0.2, 0.25) is 0 Å². The minimum atomic E-state index is 0.226. The molecule has 16 heavy (non-hydrogen) atoms. The first-order chi connectivity index (χ1) is 7.90. The van der Waals surface area contributed by atoms with E-state index in [0.29, 0.717) is 0 Å². The number of benzene rings is 1. The van der Waals surface area contributed by atoms with Crippen molar-refractivity contribution < 1.29 is 5.21 Å². The number of likely N-dealkylation sites (tertiary alicyclic amines) is 1. The van der Waals surface area contributed by atoms with Crippen molar-refractivity contribution >= 4 is 5.71 Å². The fourth-order valence-electron chi connectivity index (χ4n) is 2.93. The van der Waals surface area contributed by atoms with Crippen molar-refractivity contribution in [2.75, 3.05) is 13.1 Å². The number of oxime groups is 1. The topological polar surface area (TPSA) is 35.8 Å². The van der Waals surface area contributed by atoms with Crippen molar-refractivity contribution in [3.05, 3.63) is 35.4 Å². The fraction of sp³-hybridized carbons (Fsp3) is 0.462. The molecular weight excluding hydrogens is 200 g/mol. The molecule has 0 saturated carbocycles. The second kappa shape index (κ2) is 3.91. The highest BCUT2D eigenvalue weighted by Crippen LogP contribution is 2.35. The molecule has 1 unspecified atom stereocenters. The van der Waals surface area contributed by atoms with Gasteiger partial charge in [-0.3, -0.25) is 4.90 Å². The second-order valence-electron chi connectivity index (χ2n) is 4.61. The van der Waals surface area contributed by atoms with Gasteiger partial charge in [-0.2, -0.15) is 0 Å². The van der Waals surface area contributed by atoms with Crippen LogP contribution in [0.25, 0.3) is 0 Å². The third kappa shape index (κ3) is 1.43. The molecule has 1 aliphatic heterocycles. The molecule has 2 aliphatic rings. The summed E-state index contributed by atoms with van der Waals surface area (Å²) in [6.07, 6.45) is 3.32. The molecule has 3 heteroatoms. The lowest BCUT2D eigenvalue weighted by Crippen LogP contribution is -2.29. The number of nitrogens with zero attached hydrogens (tertiary/aromatic N) is 2. The van der Waals surface area contributed by atoms with Gasteiger partial charge in [-0.25, -0.2) is 0 Å². The summed E-state index contributed by atoms with van der Waals surface area (Å²) in [6, 6.07) is 8.65. The Morgan fingerprint density at radius 1 is 1.19 bits per heavy atom. The van der Waals surface area contributed by atoms with Crippen molar-refractivity contribution in [1.82, 2.24) is 4.90 Å². The van der Waals surface area contributed by atoms with Gasteiger partial charge in [0.1, 0.15) is 0 Å². The van der Waals surface area contributed by atoms with E-state index in [1.165, 1.54) is 24.0 Å². The average molecular weight is 216 g/mol. The van der Waals surface area contributed by atoms with Crippen LogP contribution in [0.2, 0.25) is 0 Å². The summed E-state index contributed by atoms with van der Waals surface area (Å²) in [5, 5.41) is 12.6. The summed E-state index contributed by atoms with van der Waals surface area (Å²) in [4.78, 5) is 2.43. The molecule has 0 amide bonds. The van der Waals surface area contributed by atoms with E-state index in [1.807, 2.05) is 0 Å². The Morgan fingerprint density at radius 3 is 2.69 bits per heavy atom. The minimum Gasteiger partial charge on any atom is -0.411 e. The first-order valence-electron chi connectivity index (χ1n) is 5.93. The van der Waals surface area contributed by atoms with Crippen LogP contribution in [0.5, 0.6) is 0 Å². The van der Waals surface area contributed by atoms with Crippen LogP contribution in [0.4, 0.5) is 0 Å². The Balaban J connectivity index is 2.00. The van der Waals surface area contributed by atoms with Crippen LogP contribution in [0.1, 0.15) is 30.0 Å². The van der Waals surface area contributed by atoms with Gasteiger partial charge in [0.15, 0.2) is 0 Å². The maximum Gasteiger partial charge on any atom is 0.0831 e. The summed E-state index contributed by atoms with van der Waals surface area (Å²) in [6.45, 7) is 2.25. The summed E-state index contributed by atoms with van der Waals surface area (Å²) in [5.41, 5.74) is 3.55. The van der Waals surface area contributed by atoms with E-state index in [-0.39, 0.29) is 6.04 Å². The zero-order valence-electron chi connectivity index (χ0n) is 9.26. The number of fused-ring (bicyclic) bond motifs is 1. The van der Waals surface area contributed by atoms with Crippen molar-refractivity contribution in [2.45, 2.75) is 25.3 Å². The van der Waals surface area contributed by atoms with Gasteiger partial charge in [0.05, 0.1) is 11.8 Å². The maximum atomic E-state index is 9.13. The summed E-state index contributed by atoms with van der Waals surface area (Å²) in [5.74, 6) is 0. The minimum absolute atomic E-state index is 0.226. The quantitative estimate of drug-likeness (QED) is 0.577. The Bertz CT molecular complexity index is 422. The van der Waals surface area contributed by atoms with Crippen LogP contribution in [-0.4, -0.2) is 28.9 Å². The number of rotatable bonds is 1. The Labute approximate surface area is 95.4 Å². The van der Waals surface area contributed by atoms with Gasteiger partial charge >= 0.3 is 0 Å². The Hall–Kier alpha value is -1.35. The van der Waals surface area contributed by atoms with Crippen LogP contribution >= 0.6 is 0 Å². The summed E-state index contributed by atoms with van der Waals surface area (Å²) in [7, 11) is 0. The predicted octanol–water partition coefficient (Wildman–Crippen LogP) is 2.21. The third-order valence-corrected chi connectivity index (χ3v) is 3.67. The predicted molar refractivity (Wildman–Crippen MR) is 62.9 cm³/mol. The Morgan fingerprint density at radius 2 is 1.94 bits per heavy atom. The average Bonchev–Trinajstić information content (AvgIpc) is 2.94. The molecule has 1 fully saturated rings. The van der Waals surface area contributed by atoms with Crippen molar-refractivity contribution in [1.29, 1.82) is 0 Å². The largest absolute Gasteiger partial charge is 0.411 e. The lowest BCUT2D eigenvalue weighted by atomic mass is 10.1. The van der Waals surface area contributed by atoms with Crippen LogP contribution < -0.4 is 0 Å². The molecule has 3 rings (SSSR count). The zero-order chi connectivity index (χ0) is 11.0. The highest BCUT2D eigenvalue weighted by atomic mass is 16.4. The van der Waals surface area contributed by atoms with Crippen molar-refractivity contribution in [3.63, 3.8) is 0 Å². The number of hydrogen-bond acceptors (Lipinski definition) is 3. The second-order valence-corrected chi connectivity index (χ2v) is 4.61. The third-order valence-electron chi connectivity index (χ3n) is 3.67. The summed E-state index contributed by atoms with van der Waals surface area (Å²) >= 11 is 0. The molecule has 3 nitrogen and oxygen atoms in total. The molecule has 1 aromatic carbocycles. The molecule has 0 spiro atoms. The highest BCUT2D eigenvalue weighted by Gasteiger charge is 2.34. The first kappa shape index (κ1) is 9.85. The maximum absolute atomic E-state index is 9.13. The fourth-order valence-corrected chi connectivity index (χ4v) is 2.93. The zero-order valence-corrected chi connectivity index (χ0v) is 9.26. The number of hydrogen-bond donors (Lipinski definition) is 1. The van der Waals surface area contributed by atoms with Gasteiger partial charge in [-0.1, -0.05) is 29.4 Å². The van der Waals surface area contributed by atoms with E-state index in [0.717, 1.165) is 25.2 Å². The van der Waals surface area contributed by atoms with Crippen LogP contribution in [0.3, 0.4) is 0 Å². The molecule has 1 aromatic rings. The molecule has 0 bridgehead atoms. The van der Waals surface area contributed by atoms with Crippen LogP contribution in [0, 0.1) is 0 Å². The molecule has 0 radical (unpaired) electrons. The monoisotopic (exact) mass is 216 g/mol. The molecule has 84 valence electrons. The molecule has 1 N–H and O–H groups in total. The van der Waals surface area contributed by atoms with Crippen molar-refractivity contribution in [2.24, 2.45) is 5.16 Å². The SMILES string of the molecule is O/N=C1/Cc2ccccc2C1N1CCCC1. The van der Waals surface area contributed by atoms with Crippen molar-refractivity contribution in [3.8, 4) is 0 Å². The highest BCUT2D eigenvalue weighted by molar-refractivity contribution is 5.96. The molecular formula is C13H16N2O. The lowest BCUT2D eigenvalue weighted by molar-refractivity contribution is 0.282. The molecule has 1 heterocycles. The standard InChI is InChI=1S/C13H16N2O/c16-14-12-9-10-5-1-2-6-11(10)13(12)15-7-3-4-8-15/h1-2,5-6,13,16H,3-4,7-9H2/b14-12-. The molecule has 1 saturated heterocycles. The van der Waals surface area contributed by atoms with Crippen LogP contribution in [-0.2, 0) is 6.42 Å². The molecule has 1 atom stereocenters. The van der Waals surface area contributed by atoms with Crippen LogP contribution in [0.15, 0.2) is 29.4 Å². The van der Waals surface area contributed by atoms with E-state index >= 15 is 0 Å². The Kier molecular flexibility index (Phi) is 2.40. The van der Waals surface area contributed by atoms with E-state index in [4.69, 9.17) is 5.21 Å². The molecule has 1 aliphatic carbocycles. The van der Waals surface area contributed by atoms with E-state index in [2.05, 4.69) is 34.3 Å². The van der Waals surface area contributed by atoms with Gasteiger partial charge in [-0.15, -0.1) is 0 Å². The van der Waals surface area contributed by atoms with Gasteiger partial charge < -0.3 is 5.21 Å². The van der Waals surface area contributed by atoms with E-state index in [9.17, 15) is 0 Å². The van der Waals surface area contributed by atoms with Gasteiger partial charge in [-0.05, 0) is 37.1 Å². The van der Waals surface area contributed by atoms with Gasteiger partial charge in [0, 0.05) is 6.42 Å². The normalized spacial score (nSPS) is 27.5. The smallest absolute Gasteiger partial charge is 0.0831 e. The van der Waals surface area contributed by atoms with Gasteiger partial charge in [0.25, 0.3) is 0 Å².